The van der Waals surface area contributed by atoms with Gasteiger partial charge in [-0.05, 0) is 59.7 Å². The molecule has 1 atom stereocenters. The van der Waals surface area contributed by atoms with E-state index in [9.17, 15) is 9.59 Å². The summed E-state index contributed by atoms with van der Waals surface area (Å²) in [7, 11) is 0. The van der Waals surface area contributed by atoms with Gasteiger partial charge in [-0.2, -0.15) is 0 Å². The molecule has 6 nitrogen and oxygen atoms in total. The number of para-hydroxylation sites is 3. The molecule has 0 spiro atoms. The van der Waals surface area contributed by atoms with Crippen LogP contribution in [-0.4, -0.2) is 18.4 Å². The van der Waals surface area contributed by atoms with Gasteiger partial charge in [0.2, 0.25) is 0 Å². The maximum absolute atomic E-state index is 14.0. The van der Waals surface area contributed by atoms with Crippen molar-refractivity contribution >= 4 is 40.5 Å². The second-order valence-corrected chi connectivity index (χ2v) is 10.3. The molecule has 1 aliphatic rings. The van der Waals surface area contributed by atoms with Gasteiger partial charge in [-0.15, -0.1) is 0 Å². The van der Waals surface area contributed by atoms with Crippen LogP contribution >= 0.6 is 11.6 Å². The minimum Gasteiger partial charge on any atom is -0.484 e. The van der Waals surface area contributed by atoms with E-state index >= 15 is 0 Å². The molecule has 1 N–H and O–H groups in total. The average Bonchev–Trinajstić information content (AvgIpc) is 3.03. The maximum Gasteiger partial charge on any atom is 0.262 e. The Bertz CT molecular complexity index is 1690. The summed E-state index contributed by atoms with van der Waals surface area (Å²) in [5, 5.41) is 3.22. The SMILES string of the molecule is O=C(COc1ccc([C@H]2N(Cc3ccccc3)c3ccccc3C(=O)N2c2ccccc2)cc1)Nc1ccccc1Cl. The number of rotatable bonds is 8. The zero-order chi connectivity index (χ0) is 28.9. The van der Waals surface area contributed by atoms with Crippen LogP contribution in [0.25, 0.3) is 0 Å². The lowest BCUT2D eigenvalue weighted by Crippen LogP contribution is -2.49. The number of carbonyl (C=O) groups is 2. The summed E-state index contributed by atoms with van der Waals surface area (Å²) in [4.78, 5) is 30.6. The Labute approximate surface area is 249 Å². The molecule has 2 amide bonds. The van der Waals surface area contributed by atoms with E-state index in [0.29, 0.717) is 28.6 Å². The standard InChI is InChI=1S/C35H28ClN3O3/c36-30-16-8-9-17-31(30)37-33(40)24-42-28-21-19-26(20-22-28)34-38(23-25-11-3-1-4-12-25)32-18-10-7-15-29(32)35(41)39(34)27-13-5-2-6-14-27/h1-22,34H,23-24H2,(H,37,40)/t34-/m0/s1. The van der Waals surface area contributed by atoms with Crippen molar-refractivity contribution in [2.45, 2.75) is 12.7 Å². The Morgan fingerprint density at radius 3 is 2.14 bits per heavy atom. The van der Waals surface area contributed by atoms with Crippen molar-refractivity contribution < 1.29 is 14.3 Å². The van der Waals surface area contributed by atoms with Crippen LogP contribution in [0.3, 0.4) is 0 Å². The van der Waals surface area contributed by atoms with Crippen LogP contribution in [0, 0.1) is 0 Å². The molecule has 0 saturated heterocycles. The molecule has 0 radical (unpaired) electrons. The van der Waals surface area contributed by atoms with Gasteiger partial charge in [0, 0.05) is 12.2 Å². The van der Waals surface area contributed by atoms with Crippen molar-refractivity contribution in [3.05, 3.63) is 155 Å². The fourth-order valence-corrected chi connectivity index (χ4v) is 5.36. The first-order chi connectivity index (χ1) is 20.6. The Hall–Kier alpha value is -5.07. The largest absolute Gasteiger partial charge is 0.484 e. The molecule has 0 fully saturated rings. The molecular formula is C35H28ClN3O3. The topological polar surface area (TPSA) is 61.9 Å². The van der Waals surface area contributed by atoms with Gasteiger partial charge in [0.25, 0.3) is 11.8 Å². The van der Waals surface area contributed by atoms with E-state index in [4.69, 9.17) is 16.3 Å². The quantitative estimate of drug-likeness (QED) is 0.206. The van der Waals surface area contributed by atoms with E-state index in [2.05, 4.69) is 22.3 Å². The van der Waals surface area contributed by atoms with Crippen molar-refractivity contribution in [3.63, 3.8) is 0 Å². The highest BCUT2D eigenvalue weighted by atomic mass is 35.5. The lowest BCUT2D eigenvalue weighted by Gasteiger charge is -2.46. The fraction of sp³-hybridized carbons (Fsp3) is 0.0857. The van der Waals surface area contributed by atoms with E-state index in [1.54, 1.807) is 24.3 Å². The molecule has 0 aliphatic carbocycles. The molecule has 5 aromatic carbocycles. The number of nitrogens with zero attached hydrogens (tertiary/aromatic N) is 2. The second kappa shape index (κ2) is 12.2. The summed E-state index contributed by atoms with van der Waals surface area (Å²) >= 11 is 6.15. The number of ether oxygens (including phenoxy) is 1. The van der Waals surface area contributed by atoms with E-state index < -0.39 is 6.17 Å². The van der Waals surface area contributed by atoms with Crippen molar-refractivity contribution in [1.29, 1.82) is 0 Å². The highest BCUT2D eigenvalue weighted by molar-refractivity contribution is 6.33. The third kappa shape index (κ3) is 5.71. The minimum absolute atomic E-state index is 0.0670. The van der Waals surface area contributed by atoms with Crippen molar-refractivity contribution in [2.24, 2.45) is 0 Å². The number of hydrogen-bond donors (Lipinski definition) is 1. The first-order valence-corrected chi connectivity index (χ1v) is 14.0. The fourth-order valence-electron chi connectivity index (χ4n) is 5.18. The molecule has 1 heterocycles. The summed E-state index contributed by atoms with van der Waals surface area (Å²) < 4.78 is 5.78. The summed E-state index contributed by atoms with van der Waals surface area (Å²) in [6.07, 6.45) is -0.424. The van der Waals surface area contributed by atoms with Crippen molar-refractivity contribution in [2.75, 3.05) is 21.7 Å². The third-order valence-corrected chi connectivity index (χ3v) is 7.46. The predicted molar refractivity (Wildman–Crippen MR) is 167 cm³/mol. The molecule has 0 aromatic heterocycles. The molecule has 0 bridgehead atoms. The number of fused-ring (bicyclic) bond motifs is 1. The highest BCUT2D eigenvalue weighted by Gasteiger charge is 2.39. The van der Waals surface area contributed by atoms with Crippen LogP contribution in [-0.2, 0) is 11.3 Å². The lowest BCUT2D eigenvalue weighted by molar-refractivity contribution is -0.118. The van der Waals surface area contributed by atoms with Gasteiger partial charge in [-0.1, -0.05) is 96.5 Å². The normalized spacial score (nSPS) is 14.3. The molecule has 0 saturated carbocycles. The predicted octanol–water partition coefficient (Wildman–Crippen LogP) is 7.72. The number of anilines is 3. The molecule has 0 unspecified atom stereocenters. The molecule has 5 aromatic rings. The summed E-state index contributed by atoms with van der Waals surface area (Å²) in [6, 6.07) is 42.3. The maximum atomic E-state index is 14.0. The van der Waals surface area contributed by atoms with Gasteiger partial charge in [0.05, 0.1) is 22.0 Å². The third-order valence-electron chi connectivity index (χ3n) is 7.13. The van der Waals surface area contributed by atoms with E-state index in [-0.39, 0.29) is 18.4 Å². The summed E-state index contributed by atoms with van der Waals surface area (Å²) in [5.74, 6) is 0.157. The van der Waals surface area contributed by atoms with Gasteiger partial charge in [0.1, 0.15) is 11.9 Å². The number of hydrogen-bond acceptors (Lipinski definition) is 4. The number of benzene rings is 5. The van der Waals surface area contributed by atoms with Gasteiger partial charge in [-0.3, -0.25) is 14.5 Å². The van der Waals surface area contributed by atoms with Crippen molar-refractivity contribution in [1.82, 2.24) is 0 Å². The Morgan fingerprint density at radius 2 is 1.40 bits per heavy atom. The lowest BCUT2D eigenvalue weighted by atomic mass is 9.99. The average molecular weight is 574 g/mol. The molecule has 6 rings (SSSR count). The Balaban J connectivity index is 1.31. The number of carbonyl (C=O) groups excluding carboxylic acids is 2. The van der Waals surface area contributed by atoms with Crippen LogP contribution in [0.1, 0.15) is 27.7 Å². The van der Waals surface area contributed by atoms with Crippen LogP contribution in [0.15, 0.2) is 133 Å². The molecule has 1 aliphatic heterocycles. The first-order valence-electron chi connectivity index (χ1n) is 13.6. The minimum atomic E-state index is -0.424. The van der Waals surface area contributed by atoms with Gasteiger partial charge in [-0.25, -0.2) is 0 Å². The van der Waals surface area contributed by atoms with Gasteiger partial charge in [0.15, 0.2) is 6.61 Å². The van der Waals surface area contributed by atoms with E-state index in [1.807, 2.05) is 102 Å². The summed E-state index contributed by atoms with van der Waals surface area (Å²) in [5.41, 5.74) is 4.90. The van der Waals surface area contributed by atoms with Gasteiger partial charge >= 0.3 is 0 Å². The van der Waals surface area contributed by atoms with Crippen LogP contribution in [0.4, 0.5) is 17.1 Å². The number of amides is 2. The van der Waals surface area contributed by atoms with Crippen LogP contribution in [0.2, 0.25) is 5.02 Å². The van der Waals surface area contributed by atoms with Gasteiger partial charge < -0.3 is 15.0 Å². The molecule has 7 heteroatoms. The number of nitrogens with one attached hydrogen (secondary N) is 1. The van der Waals surface area contributed by atoms with Crippen LogP contribution < -0.4 is 19.9 Å². The zero-order valence-electron chi connectivity index (χ0n) is 22.7. The smallest absolute Gasteiger partial charge is 0.262 e. The summed E-state index contributed by atoms with van der Waals surface area (Å²) in [6.45, 7) is 0.426. The molecule has 42 heavy (non-hydrogen) atoms. The van der Waals surface area contributed by atoms with Crippen LogP contribution in [0.5, 0.6) is 5.75 Å². The number of halogens is 1. The van der Waals surface area contributed by atoms with E-state index in [0.717, 1.165) is 22.5 Å². The highest BCUT2D eigenvalue weighted by Crippen LogP contribution is 2.42. The molecule has 208 valence electrons. The van der Waals surface area contributed by atoms with E-state index in [1.165, 1.54) is 0 Å². The first kappa shape index (κ1) is 27.1. The second-order valence-electron chi connectivity index (χ2n) is 9.90. The zero-order valence-corrected chi connectivity index (χ0v) is 23.4. The Morgan fingerprint density at radius 1 is 0.762 bits per heavy atom. The molecular weight excluding hydrogens is 546 g/mol. The monoisotopic (exact) mass is 573 g/mol. The van der Waals surface area contributed by atoms with Crippen molar-refractivity contribution in [3.8, 4) is 5.75 Å². The Kier molecular flexibility index (Phi) is 7.88.